The van der Waals surface area contributed by atoms with Gasteiger partial charge in [0, 0.05) is 37.4 Å². The fraction of sp³-hybridized carbons (Fsp3) is 0.308. The lowest BCUT2D eigenvalue weighted by Gasteiger charge is -2.05. The van der Waals surface area contributed by atoms with Crippen molar-refractivity contribution in [1.29, 1.82) is 0 Å². The zero-order valence-electron chi connectivity index (χ0n) is 9.81. The number of hydrogen-bond donors (Lipinski definition) is 1. The van der Waals surface area contributed by atoms with Crippen molar-refractivity contribution in [3.8, 4) is 0 Å². The van der Waals surface area contributed by atoms with Gasteiger partial charge in [-0.1, -0.05) is 11.6 Å². The minimum absolute atomic E-state index is 0.190. The van der Waals surface area contributed by atoms with E-state index < -0.39 is 0 Å². The second kappa shape index (κ2) is 5.34. The maximum Gasteiger partial charge on any atom is 0.0639 e. The molecule has 0 aliphatic carbocycles. The predicted molar refractivity (Wildman–Crippen MR) is 70.1 cm³/mol. The molecule has 1 unspecified atom stereocenters. The average Bonchev–Trinajstić information content (AvgIpc) is 2.68. The molecule has 0 bridgehead atoms. The first-order valence-corrected chi connectivity index (χ1v) is 6.01. The first-order valence-electron chi connectivity index (χ1n) is 5.64. The highest BCUT2D eigenvalue weighted by atomic mass is 35.5. The van der Waals surface area contributed by atoms with E-state index in [-0.39, 0.29) is 6.04 Å². The van der Waals surface area contributed by atoms with Gasteiger partial charge in [0.2, 0.25) is 0 Å². The molecular formula is C13H16ClN3. The van der Waals surface area contributed by atoms with Gasteiger partial charge < -0.3 is 10.3 Å². The maximum atomic E-state index is 6.07. The highest BCUT2D eigenvalue weighted by Gasteiger charge is 2.03. The molecule has 17 heavy (non-hydrogen) atoms. The van der Waals surface area contributed by atoms with E-state index in [1.54, 1.807) is 12.4 Å². The number of nitrogens with two attached hydrogens (primary N) is 1. The molecule has 2 aromatic heterocycles. The van der Waals surface area contributed by atoms with E-state index in [1.807, 2.05) is 13.0 Å². The van der Waals surface area contributed by atoms with E-state index >= 15 is 0 Å². The summed E-state index contributed by atoms with van der Waals surface area (Å²) in [5.41, 5.74) is 8.10. The Morgan fingerprint density at radius 2 is 2.29 bits per heavy atom. The first-order chi connectivity index (χ1) is 8.15. The zero-order chi connectivity index (χ0) is 12.3. The minimum atomic E-state index is 0.190. The SMILES string of the molecule is CC(N)Cc1ccn(Cc2ccncc2Cl)c1. The van der Waals surface area contributed by atoms with Crippen molar-refractivity contribution in [2.24, 2.45) is 5.73 Å². The van der Waals surface area contributed by atoms with Gasteiger partial charge in [-0.2, -0.15) is 0 Å². The van der Waals surface area contributed by atoms with Crippen molar-refractivity contribution in [3.63, 3.8) is 0 Å². The monoisotopic (exact) mass is 249 g/mol. The largest absolute Gasteiger partial charge is 0.350 e. The second-order valence-corrected chi connectivity index (χ2v) is 4.75. The van der Waals surface area contributed by atoms with Gasteiger partial charge in [-0.15, -0.1) is 0 Å². The molecule has 90 valence electrons. The quantitative estimate of drug-likeness (QED) is 0.905. The van der Waals surface area contributed by atoms with Gasteiger partial charge in [0.15, 0.2) is 0 Å². The summed E-state index contributed by atoms with van der Waals surface area (Å²) in [4.78, 5) is 3.97. The Morgan fingerprint density at radius 1 is 1.47 bits per heavy atom. The molecule has 1 atom stereocenters. The predicted octanol–water partition coefficient (Wildman–Crippen LogP) is 2.47. The van der Waals surface area contributed by atoms with Crippen LogP contribution in [0.3, 0.4) is 0 Å². The summed E-state index contributed by atoms with van der Waals surface area (Å²) in [6.07, 6.45) is 8.49. The topological polar surface area (TPSA) is 43.8 Å². The summed E-state index contributed by atoms with van der Waals surface area (Å²) in [5, 5.41) is 0.704. The van der Waals surface area contributed by atoms with E-state index in [4.69, 9.17) is 17.3 Å². The summed E-state index contributed by atoms with van der Waals surface area (Å²) in [6, 6.07) is 4.22. The summed E-state index contributed by atoms with van der Waals surface area (Å²) in [6.45, 7) is 2.78. The van der Waals surface area contributed by atoms with E-state index in [0.717, 1.165) is 18.5 Å². The molecule has 2 rings (SSSR count). The molecule has 0 aromatic carbocycles. The van der Waals surface area contributed by atoms with Crippen molar-refractivity contribution in [2.45, 2.75) is 25.9 Å². The molecule has 0 saturated carbocycles. The molecule has 0 aliphatic rings. The van der Waals surface area contributed by atoms with E-state index in [9.17, 15) is 0 Å². The molecule has 4 heteroatoms. The average molecular weight is 250 g/mol. The number of nitrogens with zero attached hydrogens (tertiary/aromatic N) is 2. The van der Waals surface area contributed by atoms with Crippen LogP contribution >= 0.6 is 11.6 Å². The summed E-state index contributed by atoms with van der Waals surface area (Å²) < 4.78 is 2.11. The normalized spacial score (nSPS) is 12.6. The summed E-state index contributed by atoms with van der Waals surface area (Å²) in [5.74, 6) is 0. The molecule has 2 aromatic rings. The molecule has 0 spiro atoms. The third-order valence-electron chi connectivity index (χ3n) is 2.58. The van der Waals surface area contributed by atoms with Gasteiger partial charge >= 0.3 is 0 Å². The Morgan fingerprint density at radius 3 is 3.00 bits per heavy atom. The van der Waals surface area contributed by atoms with Crippen LogP contribution in [0.5, 0.6) is 0 Å². The van der Waals surface area contributed by atoms with Crippen molar-refractivity contribution >= 4 is 11.6 Å². The zero-order valence-corrected chi connectivity index (χ0v) is 10.6. The number of pyridine rings is 1. The Bertz CT molecular complexity index is 491. The molecule has 2 N–H and O–H groups in total. The molecule has 0 fully saturated rings. The molecular weight excluding hydrogens is 234 g/mol. The van der Waals surface area contributed by atoms with Crippen LogP contribution in [0.1, 0.15) is 18.1 Å². The Kier molecular flexibility index (Phi) is 3.82. The van der Waals surface area contributed by atoms with Crippen molar-refractivity contribution in [1.82, 2.24) is 9.55 Å². The van der Waals surface area contributed by atoms with E-state index in [0.29, 0.717) is 5.02 Å². The minimum Gasteiger partial charge on any atom is -0.350 e. The van der Waals surface area contributed by atoms with Crippen LogP contribution in [0.15, 0.2) is 36.9 Å². The van der Waals surface area contributed by atoms with Crippen molar-refractivity contribution < 1.29 is 0 Å². The van der Waals surface area contributed by atoms with Crippen molar-refractivity contribution in [2.75, 3.05) is 0 Å². The van der Waals surface area contributed by atoms with Gasteiger partial charge in [-0.25, -0.2) is 0 Å². The molecule has 2 heterocycles. The smallest absolute Gasteiger partial charge is 0.0639 e. The lowest BCUT2D eigenvalue weighted by molar-refractivity contribution is 0.731. The van der Waals surface area contributed by atoms with Gasteiger partial charge in [0.05, 0.1) is 5.02 Å². The molecule has 0 amide bonds. The lowest BCUT2D eigenvalue weighted by Crippen LogP contribution is -2.17. The second-order valence-electron chi connectivity index (χ2n) is 4.34. The van der Waals surface area contributed by atoms with Crippen LogP contribution in [0, 0.1) is 0 Å². The number of halogens is 1. The molecule has 0 aliphatic heterocycles. The molecule has 0 saturated heterocycles. The molecule has 0 radical (unpaired) electrons. The van der Waals surface area contributed by atoms with Gasteiger partial charge in [0.25, 0.3) is 0 Å². The van der Waals surface area contributed by atoms with Gasteiger partial charge in [0.1, 0.15) is 0 Å². The fourth-order valence-corrected chi connectivity index (χ4v) is 1.99. The van der Waals surface area contributed by atoms with Crippen LogP contribution in [-0.4, -0.2) is 15.6 Å². The van der Waals surface area contributed by atoms with E-state index in [2.05, 4.69) is 28.0 Å². The van der Waals surface area contributed by atoms with Crippen LogP contribution < -0.4 is 5.73 Å². The highest BCUT2D eigenvalue weighted by molar-refractivity contribution is 6.31. The third-order valence-corrected chi connectivity index (χ3v) is 2.92. The summed E-state index contributed by atoms with van der Waals surface area (Å²) >= 11 is 6.07. The standard InChI is InChI=1S/C13H16ClN3/c1-10(15)6-11-3-5-17(8-11)9-12-2-4-16-7-13(12)14/h2-5,7-8,10H,6,9,15H2,1H3. The van der Waals surface area contributed by atoms with Gasteiger partial charge in [-0.3, -0.25) is 4.98 Å². The Hall–Kier alpha value is -1.32. The maximum absolute atomic E-state index is 6.07. The van der Waals surface area contributed by atoms with Crippen LogP contribution in [0.25, 0.3) is 0 Å². The third kappa shape index (κ3) is 3.32. The van der Waals surface area contributed by atoms with Gasteiger partial charge in [-0.05, 0) is 36.6 Å². The lowest BCUT2D eigenvalue weighted by atomic mass is 10.1. The fourth-order valence-electron chi connectivity index (χ4n) is 1.81. The Balaban J connectivity index is 2.09. The highest BCUT2D eigenvalue weighted by Crippen LogP contribution is 2.15. The van der Waals surface area contributed by atoms with Crippen molar-refractivity contribution in [3.05, 3.63) is 53.1 Å². The van der Waals surface area contributed by atoms with Crippen LogP contribution in [-0.2, 0) is 13.0 Å². The number of hydrogen-bond acceptors (Lipinski definition) is 2. The molecule has 3 nitrogen and oxygen atoms in total. The number of aromatic nitrogens is 2. The van der Waals surface area contributed by atoms with E-state index in [1.165, 1.54) is 5.56 Å². The van der Waals surface area contributed by atoms with Crippen LogP contribution in [0.4, 0.5) is 0 Å². The number of rotatable bonds is 4. The van der Waals surface area contributed by atoms with Crippen LogP contribution in [0.2, 0.25) is 5.02 Å². The Labute approximate surface area is 106 Å². The first kappa shape index (κ1) is 12.1. The summed E-state index contributed by atoms with van der Waals surface area (Å²) in [7, 11) is 0.